The highest BCUT2D eigenvalue weighted by molar-refractivity contribution is 5.92. The Morgan fingerprint density at radius 2 is 1.86 bits per heavy atom. The van der Waals surface area contributed by atoms with E-state index in [1.165, 1.54) is 43.2 Å². The molecule has 3 aliphatic rings. The van der Waals surface area contributed by atoms with Crippen LogP contribution in [0.25, 0.3) is 0 Å². The highest BCUT2D eigenvalue weighted by Crippen LogP contribution is 2.47. The molecule has 1 aromatic heterocycles. The Balaban J connectivity index is 1.45. The van der Waals surface area contributed by atoms with Gasteiger partial charge in [0.25, 0.3) is 5.91 Å². The first-order valence-electron chi connectivity index (χ1n) is 11.1. The zero-order chi connectivity index (χ0) is 19.8. The summed E-state index contributed by atoms with van der Waals surface area (Å²) in [5.74, 6) is 1.06. The molecule has 3 atom stereocenters. The topological polar surface area (TPSA) is 49.3 Å². The van der Waals surface area contributed by atoms with Gasteiger partial charge in [0.2, 0.25) is 0 Å². The molecule has 2 saturated heterocycles. The third kappa shape index (κ3) is 3.46. The standard InChI is InChI=1S/C24H30N4O/c1-17-7-5-6-10-20(17)23-21-16-27(19-8-3-2-4-9-19)14-18(21)15-28(23)24(29)22-13-25-11-12-26-22/h5-7,10-13,18-19,21,23H,2-4,8-9,14-16H2,1H3/t18-,21-,23+/m0/s1. The van der Waals surface area contributed by atoms with Crippen molar-refractivity contribution in [3.8, 4) is 0 Å². The SMILES string of the molecule is Cc1ccccc1[C@@H]1[C@H]2CN(C3CCCCC3)C[C@H]2CN1C(=O)c1cnccn1. The minimum absolute atomic E-state index is 0.0185. The predicted octanol–water partition coefficient (Wildman–Crippen LogP) is 3.86. The van der Waals surface area contributed by atoms with Gasteiger partial charge in [0.05, 0.1) is 12.2 Å². The van der Waals surface area contributed by atoms with E-state index in [0.717, 1.165) is 25.7 Å². The fourth-order valence-corrected chi connectivity index (χ4v) is 5.91. The quantitative estimate of drug-likeness (QED) is 0.798. The van der Waals surface area contributed by atoms with E-state index in [2.05, 4.69) is 51.0 Å². The average molecular weight is 391 g/mol. The number of hydrogen-bond acceptors (Lipinski definition) is 4. The molecule has 0 radical (unpaired) electrons. The van der Waals surface area contributed by atoms with E-state index in [1.54, 1.807) is 18.6 Å². The summed E-state index contributed by atoms with van der Waals surface area (Å²) in [6, 6.07) is 9.45. The van der Waals surface area contributed by atoms with Crippen molar-refractivity contribution in [3.05, 3.63) is 59.7 Å². The lowest BCUT2D eigenvalue weighted by Crippen LogP contribution is -2.40. The lowest BCUT2D eigenvalue weighted by molar-refractivity contribution is 0.0680. The molecule has 1 aromatic carbocycles. The number of likely N-dealkylation sites (tertiary alicyclic amines) is 2. The zero-order valence-electron chi connectivity index (χ0n) is 17.2. The second-order valence-corrected chi connectivity index (χ2v) is 9.02. The summed E-state index contributed by atoms with van der Waals surface area (Å²) in [6.07, 6.45) is 11.6. The van der Waals surface area contributed by atoms with Crippen molar-refractivity contribution in [3.63, 3.8) is 0 Å². The maximum absolute atomic E-state index is 13.4. The molecule has 0 bridgehead atoms. The van der Waals surface area contributed by atoms with E-state index in [0.29, 0.717) is 17.5 Å². The maximum atomic E-state index is 13.4. The molecular formula is C24H30N4O. The molecule has 0 N–H and O–H groups in total. The summed E-state index contributed by atoms with van der Waals surface area (Å²) in [5.41, 5.74) is 3.02. The molecule has 3 heterocycles. The average Bonchev–Trinajstić information content (AvgIpc) is 3.33. The molecule has 1 saturated carbocycles. The van der Waals surface area contributed by atoms with Crippen LogP contribution in [0.1, 0.15) is 59.8 Å². The van der Waals surface area contributed by atoms with E-state index < -0.39 is 0 Å². The minimum Gasteiger partial charge on any atom is -0.330 e. The van der Waals surface area contributed by atoms with Crippen LogP contribution in [0.4, 0.5) is 0 Å². The molecule has 1 amide bonds. The van der Waals surface area contributed by atoms with Crippen LogP contribution in [0, 0.1) is 18.8 Å². The molecule has 2 aromatic rings. The lowest BCUT2D eigenvalue weighted by Gasteiger charge is -2.34. The van der Waals surface area contributed by atoms with Crippen molar-refractivity contribution in [1.82, 2.24) is 19.8 Å². The van der Waals surface area contributed by atoms with Gasteiger partial charge in [-0.1, -0.05) is 43.5 Å². The second-order valence-electron chi connectivity index (χ2n) is 9.02. The molecule has 2 aliphatic heterocycles. The number of carbonyl (C=O) groups excluding carboxylic acids is 1. The van der Waals surface area contributed by atoms with Gasteiger partial charge in [0, 0.05) is 44.0 Å². The number of amides is 1. The Morgan fingerprint density at radius 1 is 1.03 bits per heavy atom. The van der Waals surface area contributed by atoms with Crippen molar-refractivity contribution in [2.24, 2.45) is 11.8 Å². The smallest absolute Gasteiger partial charge is 0.274 e. The van der Waals surface area contributed by atoms with Gasteiger partial charge >= 0.3 is 0 Å². The van der Waals surface area contributed by atoms with Gasteiger partial charge < -0.3 is 4.90 Å². The Bertz CT molecular complexity index is 864. The summed E-state index contributed by atoms with van der Waals surface area (Å²) in [5, 5.41) is 0. The van der Waals surface area contributed by atoms with Crippen LogP contribution in [-0.2, 0) is 0 Å². The molecular weight excluding hydrogens is 360 g/mol. The number of hydrogen-bond donors (Lipinski definition) is 0. The van der Waals surface area contributed by atoms with Crippen LogP contribution in [0.3, 0.4) is 0 Å². The molecule has 1 aliphatic carbocycles. The largest absolute Gasteiger partial charge is 0.330 e. The van der Waals surface area contributed by atoms with Crippen LogP contribution in [-0.4, -0.2) is 51.4 Å². The molecule has 0 spiro atoms. The van der Waals surface area contributed by atoms with Gasteiger partial charge in [0.15, 0.2) is 0 Å². The van der Waals surface area contributed by atoms with Crippen molar-refractivity contribution >= 4 is 5.91 Å². The van der Waals surface area contributed by atoms with Gasteiger partial charge in [-0.05, 0) is 36.8 Å². The van der Waals surface area contributed by atoms with E-state index in [-0.39, 0.29) is 11.9 Å². The van der Waals surface area contributed by atoms with Crippen LogP contribution in [0.2, 0.25) is 0 Å². The number of benzene rings is 1. The molecule has 29 heavy (non-hydrogen) atoms. The minimum atomic E-state index is 0.0185. The number of aromatic nitrogens is 2. The van der Waals surface area contributed by atoms with Gasteiger partial charge in [-0.25, -0.2) is 4.98 Å². The predicted molar refractivity (Wildman–Crippen MR) is 112 cm³/mol. The summed E-state index contributed by atoms with van der Waals surface area (Å²) >= 11 is 0. The normalized spacial score (nSPS) is 27.9. The van der Waals surface area contributed by atoms with Crippen LogP contribution in [0.15, 0.2) is 42.9 Å². The third-order valence-corrected chi connectivity index (χ3v) is 7.33. The fourth-order valence-electron chi connectivity index (χ4n) is 5.91. The zero-order valence-corrected chi connectivity index (χ0v) is 17.2. The maximum Gasteiger partial charge on any atom is 0.274 e. The Morgan fingerprint density at radius 3 is 2.62 bits per heavy atom. The number of aryl methyl sites for hydroxylation is 1. The molecule has 5 rings (SSSR count). The van der Waals surface area contributed by atoms with Crippen LogP contribution < -0.4 is 0 Å². The Hall–Kier alpha value is -2.27. The third-order valence-electron chi connectivity index (χ3n) is 7.33. The van der Waals surface area contributed by atoms with Gasteiger partial charge in [0.1, 0.15) is 5.69 Å². The van der Waals surface area contributed by atoms with Crippen LogP contribution in [0.5, 0.6) is 0 Å². The number of rotatable bonds is 3. The molecule has 3 fully saturated rings. The van der Waals surface area contributed by atoms with Crippen LogP contribution >= 0.6 is 0 Å². The molecule has 152 valence electrons. The first-order valence-corrected chi connectivity index (χ1v) is 11.1. The summed E-state index contributed by atoms with van der Waals surface area (Å²) in [4.78, 5) is 26.6. The van der Waals surface area contributed by atoms with E-state index >= 15 is 0 Å². The van der Waals surface area contributed by atoms with E-state index in [9.17, 15) is 4.79 Å². The monoisotopic (exact) mass is 390 g/mol. The Labute approximate surface area is 173 Å². The van der Waals surface area contributed by atoms with Crippen molar-refractivity contribution < 1.29 is 4.79 Å². The van der Waals surface area contributed by atoms with Crippen molar-refractivity contribution in [2.45, 2.75) is 51.1 Å². The number of carbonyl (C=O) groups is 1. The van der Waals surface area contributed by atoms with Gasteiger partial charge in [-0.3, -0.25) is 14.7 Å². The Kier molecular flexibility index (Phi) is 5.08. The lowest BCUT2D eigenvalue weighted by atomic mass is 9.87. The molecule has 5 heteroatoms. The first kappa shape index (κ1) is 18.7. The summed E-state index contributed by atoms with van der Waals surface area (Å²) in [6.45, 7) is 5.23. The highest BCUT2D eigenvalue weighted by atomic mass is 16.2. The summed E-state index contributed by atoms with van der Waals surface area (Å²) in [7, 11) is 0. The van der Waals surface area contributed by atoms with Gasteiger partial charge in [-0.15, -0.1) is 0 Å². The van der Waals surface area contributed by atoms with E-state index in [1.807, 2.05) is 0 Å². The first-order chi connectivity index (χ1) is 14.2. The molecule has 5 nitrogen and oxygen atoms in total. The second kappa shape index (κ2) is 7.86. The summed E-state index contributed by atoms with van der Waals surface area (Å²) < 4.78 is 0. The van der Waals surface area contributed by atoms with Crippen molar-refractivity contribution in [2.75, 3.05) is 19.6 Å². The van der Waals surface area contributed by atoms with E-state index in [4.69, 9.17) is 0 Å². The fraction of sp³-hybridized carbons (Fsp3) is 0.542. The number of fused-ring (bicyclic) bond motifs is 1. The van der Waals surface area contributed by atoms with Crippen molar-refractivity contribution in [1.29, 1.82) is 0 Å². The number of nitrogens with zero attached hydrogens (tertiary/aromatic N) is 4. The van der Waals surface area contributed by atoms with Gasteiger partial charge in [-0.2, -0.15) is 0 Å². The molecule has 0 unspecified atom stereocenters. The highest BCUT2D eigenvalue weighted by Gasteiger charge is 2.50.